The van der Waals surface area contributed by atoms with E-state index in [-0.39, 0.29) is 6.29 Å². The molecule has 0 aromatic heterocycles. The number of carbonyl (C=O) groups is 1. The third kappa shape index (κ3) is 2.04. The predicted octanol–water partition coefficient (Wildman–Crippen LogP) is 2.21. The van der Waals surface area contributed by atoms with Crippen molar-refractivity contribution in [2.24, 2.45) is 0 Å². The first-order chi connectivity index (χ1) is 5.96. The molecule has 0 aliphatic rings. The Bertz CT molecular complexity index is 337. The number of hydrogen-bond acceptors (Lipinski definition) is 1. The maximum Gasteiger partial charge on any atom is 0.511 e. The Morgan fingerprint density at radius 1 is 1.31 bits per heavy atom. The molecule has 0 spiro atoms. The van der Waals surface area contributed by atoms with Crippen LogP contribution in [0.15, 0.2) is 18.2 Å². The molecule has 1 nitrogen and oxygen atoms in total. The summed E-state index contributed by atoms with van der Waals surface area (Å²) >= 11 is 5.33. The lowest BCUT2D eigenvalue weighted by molar-refractivity contribution is 0.112. The molecular weight excluding hydrogens is 203 g/mol. The van der Waals surface area contributed by atoms with E-state index in [1.54, 1.807) is 0 Å². The van der Waals surface area contributed by atoms with E-state index in [9.17, 15) is 17.7 Å². The van der Waals surface area contributed by atoms with Crippen LogP contribution in [0.1, 0.15) is 10.4 Å². The summed E-state index contributed by atoms with van der Waals surface area (Å²) in [5, 5.41) is -0.433. The Labute approximate surface area is 77.6 Å². The number of halogens is 4. The molecule has 0 aliphatic carbocycles. The highest BCUT2D eigenvalue weighted by atomic mass is 35.5. The molecule has 0 atom stereocenters. The van der Waals surface area contributed by atoms with E-state index in [4.69, 9.17) is 11.6 Å². The molecule has 1 aromatic rings. The lowest BCUT2D eigenvalue weighted by atomic mass is 9.77. The third-order valence-corrected chi connectivity index (χ3v) is 1.87. The van der Waals surface area contributed by atoms with E-state index in [1.807, 2.05) is 0 Å². The molecule has 0 radical (unpaired) electrons. The van der Waals surface area contributed by atoms with E-state index >= 15 is 0 Å². The molecule has 1 rings (SSSR count). The molecule has 0 amide bonds. The minimum Gasteiger partial charge on any atom is -0.445 e. The molecule has 13 heavy (non-hydrogen) atoms. The fourth-order valence-electron chi connectivity index (χ4n) is 1.00. The van der Waals surface area contributed by atoms with Gasteiger partial charge in [0.15, 0.2) is 0 Å². The average Bonchev–Trinajstić information content (AvgIpc) is 2.01. The van der Waals surface area contributed by atoms with E-state index in [0.717, 1.165) is 12.1 Å². The van der Waals surface area contributed by atoms with Crippen molar-refractivity contribution in [2.45, 2.75) is 0 Å². The predicted molar refractivity (Wildman–Crippen MR) is 45.6 cm³/mol. The zero-order chi connectivity index (χ0) is 10.1. The largest absolute Gasteiger partial charge is 0.511 e. The maximum absolute atomic E-state index is 12.3. The summed E-state index contributed by atoms with van der Waals surface area (Å²) in [5.74, 6) is 0. The van der Waals surface area contributed by atoms with Gasteiger partial charge in [-0.2, -0.15) is 0 Å². The molecule has 0 N–H and O–H groups in total. The molecule has 0 saturated heterocycles. The quantitative estimate of drug-likeness (QED) is 0.537. The second-order valence-electron chi connectivity index (χ2n) is 2.44. The molecule has 6 heteroatoms. The minimum atomic E-state index is -5.23. The van der Waals surface area contributed by atoms with Gasteiger partial charge in [0.25, 0.3) is 0 Å². The first kappa shape index (κ1) is 10.1. The van der Waals surface area contributed by atoms with Crippen LogP contribution in [0.2, 0.25) is 5.02 Å². The van der Waals surface area contributed by atoms with Gasteiger partial charge in [-0.15, -0.1) is 0 Å². The van der Waals surface area contributed by atoms with Crippen molar-refractivity contribution in [3.05, 3.63) is 28.8 Å². The maximum atomic E-state index is 12.3. The van der Waals surface area contributed by atoms with Crippen LogP contribution >= 0.6 is 11.6 Å². The molecule has 0 saturated carbocycles. The van der Waals surface area contributed by atoms with Gasteiger partial charge < -0.3 is 12.9 Å². The smallest absolute Gasteiger partial charge is 0.445 e. The van der Waals surface area contributed by atoms with Gasteiger partial charge in [0.05, 0.1) is 0 Å². The second kappa shape index (κ2) is 3.42. The summed E-state index contributed by atoms with van der Waals surface area (Å²) in [6.07, 6.45) is 0.149. The molecule has 70 valence electrons. The molecule has 0 fully saturated rings. The van der Waals surface area contributed by atoms with Crippen molar-refractivity contribution in [2.75, 3.05) is 0 Å². The number of aldehydes is 1. The van der Waals surface area contributed by atoms with Crippen LogP contribution in [0.4, 0.5) is 12.9 Å². The summed E-state index contributed by atoms with van der Waals surface area (Å²) in [7, 11) is 0. The van der Waals surface area contributed by atoms with Crippen molar-refractivity contribution in [1.29, 1.82) is 0 Å². The van der Waals surface area contributed by atoms with Crippen LogP contribution in [0.3, 0.4) is 0 Å². The normalized spacial score (nSPS) is 11.4. The first-order valence-corrected chi connectivity index (χ1v) is 3.78. The monoisotopic (exact) mass is 207 g/mol. The van der Waals surface area contributed by atoms with E-state index in [0.29, 0.717) is 0 Å². The summed E-state index contributed by atoms with van der Waals surface area (Å²) in [4.78, 5) is 10.3. The molecule has 0 heterocycles. The summed E-state index contributed by atoms with van der Waals surface area (Å²) < 4.78 is 36.9. The van der Waals surface area contributed by atoms with E-state index < -0.39 is 23.0 Å². The van der Waals surface area contributed by atoms with E-state index in [2.05, 4.69) is 0 Å². The molecule has 1 aromatic carbocycles. The number of benzene rings is 1. The second-order valence-corrected chi connectivity index (χ2v) is 2.84. The van der Waals surface area contributed by atoms with Gasteiger partial charge in [0.1, 0.15) is 6.29 Å². The van der Waals surface area contributed by atoms with Crippen LogP contribution in [0, 0.1) is 0 Å². The van der Waals surface area contributed by atoms with Crippen molar-refractivity contribution in [3.63, 3.8) is 0 Å². The lowest BCUT2D eigenvalue weighted by Gasteiger charge is -2.18. The Kier molecular flexibility index (Phi) is 2.66. The number of hydrogen-bond donors (Lipinski definition) is 0. The molecule has 0 unspecified atom stereocenters. The van der Waals surface area contributed by atoms with Crippen molar-refractivity contribution in [3.8, 4) is 0 Å². The van der Waals surface area contributed by atoms with Gasteiger partial charge in [-0.3, -0.25) is 4.79 Å². The highest BCUT2D eigenvalue weighted by molar-refractivity contribution is 6.77. The average molecular weight is 207 g/mol. The SMILES string of the molecule is O=Cc1cccc(Cl)c1[B-](F)(F)F. The van der Waals surface area contributed by atoms with Crippen LogP contribution < -0.4 is 5.46 Å². The third-order valence-electron chi connectivity index (χ3n) is 1.54. The van der Waals surface area contributed by atoms with Crippen molar-refractivity contribution in [1.82, 2.24) is 0 Å². The van der Waals surface area contributed by atoms with Gasteiger partial charge in [0, 0.05) is 5.02 Å². The minimum absolute atomic E-state index is 0.149. The fraction of sp³-hybridized carbons (Fsp3) is 0. The van der Waals surface area contributed by atoms with Crippen LogP contribution in [0.25, 0.3) is 0 Å². The Morgan fingerprint density at radius 2 is 1.92 bits per heavy atom. The molecule has 0 aliphatic heterocycles. The van der Waals surface area contributed by atoms with E-state index in [1.165, 1.54) is 6.07 Å². The lowest BCUT2D eigenvalue weighted by Crippen LogP contribution is -2.37. The van der Waals surface area contributed by atoms with Crippen LogP contribution in [-0.4, -0.2) is 13.3 Å². The molecular formula is C7H4BClF3O-. The Hall–Kier alpha value is -0.965. The van der Waals surface area contributed by atoms with Gasteiger partial charge in [-0.25, -0.2) is 0 Å². The van der Waals surface area contributed by atoms with Crippen LogP contribution in [-0.2, 0) is 0 Å². The highest BCUT2D eigenvalue weighted by Gasteiger charge is 2.30. The van der Waals surface area contributed by atoms with Gasteiger partial charge >= 0.3 is 6.98 Å². The van der Waals surface area contributed by atoms with Crippen molar-refractivity contribution < 1.29 is 17.7 Å². The standard InChI is InChI=1S/C7H4BClF3O/c9-6-3-1-2-5(4-13)7(6)8(10,11)12/h1-4H/q-1. The van der Waals surface area contributed by atoms with Gasteiger partial charge in [-0.05, 0) is 11.6 Å². The summed E-state index contributed by atoms with van der Waals surface area (Å²) in [6, 6.07) is 3.50. The zero-order valence-corrected chi connectivity index (χ0v) is 7.06. The first-order valence-electron chi connectivity index (χ1n) is 3.40. The van der Waals surface area contributed by atoms with Gasteiger partial charge in [0.2, 0.25) is 0 Å². The topological polar surface area (TPSA) is 17.1 Å². The molecule has 0 bridgehead atoms. The Morgan fingerprint density at radius 3 is 2.31 bits per heavy atom. The highest BCUT2D eigenvalue weighted by Crippen LogP contribution is 2.17. The number of carbonyl (C=O) groups excluding carboxylic acids is 1. The number of rotatable bonds is 2. The zero-order valence-electron chi connectivity index (χ0n) is 6.31. The summed E-state index contributed by atoms with van der Waals surface area (Å²) in [5.41, 5.74) is -1.43. The van der Waals surface area contributed by atoms with Crippen molar-refractivity contribution >= 4 is 30.3 Å². The van der Waals surface area contributed by atoms with Crippen LogP contribution in [0.5, 0.6) is 0 Å². The summed E-state index contributed by atoms with van der Waals surface area (Å²) in [6.45, 7) is -5.23. The fourth-order valence-corrected chi connectivity index (χ4v) is 1.31. The Balaban J connectivity index is 3.40. The van der Waals surface area contributed by atoms with Gasteiger partial charge in [-0.1, -0.05) is 29.2 Å².